The van der Waals surface area contributed by atoms with E-state index in [0.29, 0.717) is 25.2 Å². The number of likely N-dealkylation sites (tertiary alicyclic amines) is 2. The number of hydrazine groups is 1. The Labute approximate surface area is 164 Å². The maximum Gasteiger partial charge on any atom is 0.257 e. The molecule has 1 spiro atoms. The summed E-state index contributed by atoms with van der Waals surface area (Å²) >= 11 is 0. The first-order valence-electron chi connectivity index (χ1n) is 9.51. The van der Waals surface area contributed by atoms with Crippen molar-refractivity contribution >= 4 is 11.8 Å². The third-order valence-electron chi connectivity index (χ3n) is 5.74. The van der Waals surface area contributed by atoms with Crippen LogP contribution in [0.1, 0.15) is 15.9 Å². The van der Waals surface area contributed by atoms with E-state index in [9.17, 15) is 9.59 Å². The summed E-state index contributed by atoms with van der Waals surface area (Å²) < 4.78 is 1.77. The Morgan fingerprint density at radius 2 is 1.96 bits per heavy atom. The second-order valence-electron chi connectivity index (χ2n) is 7.92. The van der Waals surface area contributed by atoms with Crippen molar-refractivity contribution in [2.24, 2.45) is 11.3 Å². The molecule has 0 saturated carbocycles. The predicted molar refractivity (Wildman–Crippen MR) is 104 cm³/mol. The Hall–Kier alpha value is -2.71. The van der Waals surface area contributed by atoms with E-state index in [0.717, 1.165) is 18.7 Å². The molecule has 2 amide bonds. The summed E-state index contributed by atoms with van der Waals surface area (Å²) in [5.74, 6) is -0.321. The van der Waals surface area contributed by atoms with Gasteiger partial charge in [0.2, 0.25) is 5.91 Å². The third kappa shape index (κ3) is 3.41. The number of aromatic nitrogens is 2. The van der Waals surface area contributed by atoms with Gasteiger partial charge in [-0.15, -0.1) is 0 Å². The summed E-state index contributed by atoms with van der Waals surface area (Å²) in [6.45, 7) is 3.31. The van der Waals surface area contributed by atoms with E-state index in [2.05, 4.69) is 20.9 Å². The van der Waals surface area contributed by atoms with Crippen LogP contribution in [-0.4, -0.2) is 71.7 Å². The molecule has 2 saturated heterocycles. The van der Waals surface area contributed by atoms with Gasteiger partial charge in [0.1, 0.15) is 0 Å². The van der Waals surface area contributed by atoms with E-state index in [1.165, 1.54) is 0 Å². The maximum absolute atomic E-state index is 13.1. The van der Waals surface area contributed by atoms with Crippen molar-refractivity contribution in [3.63, 3.8) is 0 Å². The highest BCUT2D eigenvalue weighted by Gasteiger charge is 2.56. The largest absolute Gasteiger partial charge is 0.337 e. The number of hydrogen-bond donors (Lipinski definition) is 2. The predicted octanol–water partition coefficient (Wildman–Crippen LogP) is 0.186. The summed E-state index contributed by atoms with van der Waals surface area (Å²) in [5, 5.41) is 4.34. The van der Waals surface area contributed by atoms with Gasteiger partial charge in [-0.25, -0.2) is 5.43 Å². The van der Waals surface area contributed by atoms with Gasteiger partial charge >= 0.3 is 0 Å². The molecular weight excluding hydrogens is 356 g/mol. The summed E-state index contributed by atoms with van der Waals surface area (Å²) in [6, 6.07) is 10.0. The molecule has 1 atom stereocenters. The fourth-order valence-corrected chi connectivity index (χ4v) is 4.56. The first kappa shape index (κ1) is 18.6. The van der Waals surface area contributed by atoms with E-state index < -0.39 is 0 Å². The summed E-state index contributed by atoms with van der Waals surface area (Å²) in [5.41, 5.74) is 6.94. The maximum atomic E-state index is 13.1. The molecule has 4 rings (SSSR count). The van der Waals surface area contributed by atoms with Crippen molar-refractivity contribution in [1.29, 1.82) is 0 Å². The Balaban J connectivity index is 1.47. The van der Waals surface area contributed by atoms with Crippen LogP contribution >= 0.6 is 0 Å². The molecule has 0 bridgehead atoms. The summed E-state index contributed by atoms with van der Waals surface area (Å²) in [7, 11) is 3.72. The topological polar surface area (TPSA) is 82.5 Å². The number of nitrogens with zero attached hydrogens (tertiary/aromatic N) is 4. The fraction of sp³-hybridized carbons (Fsp3) is 0.450. The number of carbonyl (C=O) groups is 2. The van der Waals surface area contributed by atoms with Crippen LogP contribution in [0.15, 0.2) is 42.7 Å². The molecule has 1 aromatic heterocycles. The summed E-state index contributed by atoms with van der Waals surface area (Å²) in [6.07, 6.45) is 3.40. The lowest BCUT2D eigenvalue weighted by Gasteiger charge is -2.48. The molecule has 2 fully saturated rings. The van der Waals surface area contributed by atoms with Crippen LogP contribution in [0.4, 0.5) is 0 Å². The van der Waals surface area contributed by atoms with Crippen molar-refractivity contribution in [2.75, 3.05) is 40.3 Å². The van der Waals surface area contributed by atoms with Crippen molar-refractivity contribution in [3.05, 3.63) is 53.9 Å². The summed E-state index contributed by atoms with van der Waals surface area (Å²) in [4.78, 5) is 29.6. The lowest BCUT2D eigenvalue weighted by molar-refractivity contribution is -0.132. The SMILES string of the molecule is CNNC(=O)C1CN(C(=O)c2cnn(Cc3ccccc3)c2)CC12CN(C)C2. The molecule has 2 aromatic rings. The lowest BCUT2D eigenvalue weighted by Crippen LogP contribution is -2.61. The molecule has 2 aliphatic rings. The zero-order valence-corrected chi connectivity index (χ0v) is 16.3. The highest BCUT2D eigenvalue weighted by atomic mass is 16.2. The number of amides is 2. The van der Waals surface area contributed by atoms with Crippen LogP contribution < -0.4 is 10.9 Å². The normalized spacial score (nSPS) is 20.9. The first-order valence-corrected chi connectivity index (χ1v) is 9.51. The number of hydrogen-bond acceptors (Lipinski definition) is 5. The fourth-order valence-electron chi connectivity index (χ4n) is 4.56. The molecule has 8 nitrogen and oxygen atoms in total. The number of rotatable bonds is 5. The van der Waals surface area contributed by atoms with Gasteiger partial charge in [-0.2, -0.15) is 5.10 Å². The molecule has 3 heterocycles. The monoisotopic (exact) mass is 382 g/mol. The van der Waals surface area contributed by atoms with Crippen LogP contribution in [0.5, 0.6) is 0 Å². The minimum Gasteiger partial charge on any atom is -0.337 e. The Morgan fingerprint density at radius 3 is 2.64 bits per heavy atom. The Bertz CT molecular complexity index is 859. The molecule has 0 aliphatic carbocycles. The molecule has 148 valence electrons. The average Bonchev–Trinajstić information content (AvgIpc) is 3.27. The average molecular weight is 382 g/mol. The Kier molecular flexibility index (Phi) is 4.91. The molecular formula is C20H26N6O2. The second-order valence-corrected chi connectivity index (χ2v) is 7.92. The quantitative estimate of drug-likeness (QED) is 0.722. The van der Waals surface area contributed by atoms with Crippen LogP contribution in [0.2, 0.25) is 0 Å². The molecule has 0 radical (unpaired) electrons. The van der Waals surface area contributed by atoms with Crippen LogP contribution in [0.3, 0.4) is 0 Å². The van der Waals surface area contributed by atoms with Crippen molar-refractivity contribution in [2.45, 2.75) is 6.54 Å². The van der Waals surface area contributed by atoms with Gasteiger partial charge in [0, 0.05) is 44.8 Å². The van der Waals surface area contributed by atoms with E-state index >= 15 is 0 Å². The van der Waals surface area contributed by atoms with Gasteiger partial charge in [-0.1, -0.05) is 30.3 Å². The highest BCUT2D eigenvalue weighted by molar-refractivity contribution is 5.94. The van der Waals surface area contributed by atoms with Crippen molar-refractivity contribution < 1.29 is 9.59 Å². The minimum atomic E-state index is -0.209. The van der Waals surface area contributed by atoms with E-state index in [4.69, 9.17) is 0 Å². The number of nitrogens with one attached hydrogen (secondary N) is 2. The smallest absolute Gasteiger partial charge is 0.257 e. The van der Waals surface area contributed by atoms with Crippen LogP contribution in [0.25, 0.3) is 0 Å². The van der Waals surface area contributed by atoms with Gasteiger partial charge < -0.3 is 9.80 Å². The zero-order chi connectivity index (χ0) is 19.7. The van der Waals surface area contributed by atoms with Crippen molar-refractivity contribution in [1.82, 2.24) is 30.4 Å². The molecule has 8 heteroatoms. The van der Waals surface area contributed by atoms with Gasteiger partial charge in [0.15, 0.2) is 0 Å². The van der Waals surface area contributed by atoms with Crippen LogP contribution in [-0.2, 0) is 11.3 Å². The van der Waals surface area contributed by atoms with Gasteiger partial charge in [-0.3, -0.25) is 19.7 Å². The van der Waals surface area contributed by atoms with Crippen LogP contribution in [0, 0.1) is 11.3 Å². The minimum absolute atomic E-state index is 0.0503. The zero-order valence-electron chi connectivity index (χ0n) is 16.3. The molecule has 1 unspecified atom stereocenters. The van der Waals surface area contributed by atoms with E-state index in [1.54, 1.807) is 29.0 Å². The van der Waals surface area contributed by atoms with E-state index in [1.807, 2.05) is 37.4 Å². The first-order chi connectivity index (χ1) is 13.5. The Morgan fingerprint density at radius 1 is 1.21 bits per heavy atom. The van der Waals surface area contributed by atoms with Gasteiger partial charge in [0.25, 0.3) is 5.91 Å². The number of carbonyl (C=O) groups excluding carboxylic acids is 2. The molecule has 1 aromatic carbocycles. The third-order valence-corrected chi connectivity index (χ3v) is 5.74. The van der Waals surface area contributed by atoms with Gasteiger partial charge in [0.05, 0.1) is 24.2 Å². The lowest BCUT2D eigenvalue weighted by atomic mass is 9.71. The molecule has 2 N–H and O–H groups in total. The van der Waals surface area contributed by atoms with Gasteiger partial charge in [-0.05, 0) is 12.6 Å². The molecule has 2 aliphatic heterocycles. The standard InChI is InChI=1S/C20H26N6O2/c1-21-23-18(27)17-11-25(14-20(17)12-24(2)13-20)19(28)16-8-22-26(10-16)9-15-6-4-3-5-7-15/h3-8,10,17,21H,9,11-14H2,1-2H3,(H,23,27). The highest BCUT2D eigenvalue weighted by Crippen LogP contribution is 2.43. The molecule has 28 heavy (non-hydrogen) atoms. The number of benzene rings is 1. The van der Waals surface area contributed by atoms with E-state index in [-0.39, 0.29) is 23.1 Å². The second kappa shape index (κ2) is 7.37. The van der Waals surface area contributed by atoms with Crippen molar-refractivity contribution in [3.8, 4) is 0 Å².